The van der Waals surface area contributed by atoms with E-state index in [1.54, 1.807) is 0 Å². The molecule has 0 radical (unpaired) electrons. The molecule has 0 aromatic heterocycles. The number of aliphatic imine (C=N–C) groups is 1. The first-order chi connectivity index (χ1) is 11.6. The van der Waals surface area contributed by atoms with Crippen molar-refractivity contribution >= 4 is 17.7 Å². The first-order valence-corrected chi connectivity index (χ1v) is 8.40. The van der Waals surface area contributed by atoms with Gasteiger partial charge < -0.3 is 9.47 Å². The summed E-state index contributed by atoms with van der Waals surface area (Å²) in [5.41, 5.74) is 0.750. The summed E-state index contributed by atoms with van der Waals surface area (Å²) in [5, 5.41) is 0. The van der Waals surface area contributed by atoms with Gasteiger partial charge in [-0.15, -0.1) is 0 Å². The number of benzene rings is 1. The Bertz CT molecular complexity index is 669. The van der Waals surface area contributed by atoms with Crippen molar-refractivity contribution in [2.45, 2.75) is 31.7 Å². The van der Waals surface area contributed by atoms with E-state index in [0.717, 1.165) is 24.1 Å². The Hall–Kier alpha value is -2.17. The third-order valence-electron chi connectivity index (χ3n) is 5.41. The lowest BCUT2D eigenvalue weighted by atomic mass is 9.50. The smallest absolute Gasteiger partial charge is 0.334 e. The van der Waals surface area contributed by atoms with Crippen LogP contribution in [-0.4, -0.2) is 37.4 Å². The van der Waals surface area contributed by atoms with Crippen molar-refractivity contribution in [3.8, 4) is 0 Å². The second kappa shape index (κ2) is 6.38. The summed E-state index contributed by atoms with van der Waals surface area (Å²) < 4.78 is 10.0. The molecule has 1 aromatic rings. The highest BCUT2D eigenvalue weighted by Gasteiger charge is 2.72. The van der Waals surface area contributed by atoms with Gasteiger partial charge in [-0.1, -0.05) is 43.7 Å². The van der Waals surface area contributed by atoms with Gasteiger partial charge in [-0.25, -0.2) is 4.79 Å². The summed E-state index contributed by atoms with van der Waals surface area (Å²) in [4.78, 5) is 29.8. The van der Waals surface area contributed by atoms with Crippen LogP contribution in [0.3, 0.4) is 0 Å². The number of hydrogen-bond donors (Lipinski definition) is 0. The Kier molecular flexibility index (Phi) is 4.43. The zero-order valence-electron chi connectivity index (χ0n) is 14.3. The molecule has 1 aliphatic heterocycles. The monoisotopic (exact) mass is 329 g/mol. The van der Waals surface area contributed by atoms with Gasteiger partial charge in [0.2, 0.25) is 0 Å². The summed E-state index contributed by atoms with van der Waals surface area (Å²) in [6.45, 7) is 2.08. The number of hydrogen-bond acceptors (Lipinski definition) is 5. The van der Waals surface area contributed by atoms with Crippen molar-refractivity contribution in [2.24, 2.45) is 22.7 Å². The van der Waals surface area contributed by atoms with Gasteiger partial charge in [-0.2, -0.15) is 0 Å². The van der Waals surface area contributed by atoms with E-state index < -0.39 is 17.4 Å². The number of rotatable bonds is 5. The van der Waals surface area contributed by atoms with Crippen molar-refractivity contribution in [1.82, 2.24) is 0 Å². The van der Waals surface area contributed by atoms with Crippen molar-refractivity contribution in [1.29, 1.82) is 0 Å². The number of nitrogens with zero attached hydrogens (tertiary/aromatic N) is 1. The lowest BCUT2D eigenvalue weighted by Crippen LogP contribution is -2.66. The van der Waals surface area contributed by atoms with Gasteiger partial charge in [0.05, 0.1) is 20.1 Å². The molecule has 1 saturated carbocycles. The molecule has 2 aliphatic rings. The van der Waals surface area contributed by atoms with Gasteiger partial charge in [0.15, 0.2) is 5.54 Å². The van der Waals surface area contributed by atoms with Crippen LogP contribution in [0.15, 0.2) is 35.3 Å². The third-order valence-corrected chi connectivity index (χ3v) is 5.41. The van der Waals surface area contributed by atoms with Gasteiger partial charge >= 0.3 is 11.9 Å². The second-order valence-corrected chi connectivity index (χ2v) is 6.51. The molecule has 1 fully saturated rings. The summed E-state index contributed by atoms with van der Waals surface area (Å²) in [6.07, 6.45) is 2.52. The van der Waals surface area contributed by atoms with E-state index in [9.17, 15) is 9.59 Å². The van der Waals surface area contributed by atoms with E-state index in [1.807, 2.05) is 30.3 Å². The fraction of sp³-hybridized carbons (Fsp3) is 0.526. The molecule has 4 atom stereocenters. The van der Waals surface area contributed by atoms with E-state index in [-0.39, 0.29) is 17.8 Å². The van der Waals surface area contributed by atoms with Crippen LogP contribution in [0.2, 0.25) is 0 Å². The van der Waals surface area contributed by atoms with Gasteiger partial charge in [-0.3, -0.25) is 9.79 Å². The molecular formula is C19H23NO4. The molecule has 1 aromatic carbocycles. The van der Waals surface area contributed by atoms with Crippen LogP contribution >= 0.6 is 0 Å². The van der Waals surface area contributed by atoms with Crippen LogP contribution in [0, 0.1) is 17.8 Å². The van der Waals surface area contributed by atoms with Crippen molar-refractivity contribution in [3.05, 3.63) is 35.9 Å². The largest absolute Gasteiger partial charge is 0.469 e. The van der Waals surface area contributed by atoms with Gasteiger partial charge in [0.25, 0.3) is 0 Å². The topological polar surface area (TPSA) is 65.0 Å². The average molecular weight is 329 g/mol. The molecule has 24 heavy (non-hydrogen) atoms. The number of carbonyl (C=O) groups excluding carboxylic acids is 2. The lowest BCUT2D eigenvalue weighted by Gasteiger charge is -2.52. The zero-order valence-corrected chi connectivity index (χ0v) is 14.3. The Morgan fingerprint density at radius 1 is 1.21 bits per heavy atom. The van der Waals surface area contributed by atoms with Crippen LogP contribution in [0.1, 0.15) is 31.7 Å². The Balaban J connectivity index is 2.05. The van der Waals surface area contributed by atoms with E-state index >= 15 is 0 Å². The maximum absolute atomic E-state index is 12.6. The van der Waals surface area contributed by atoms with Crippen LogP contribution in [0.4, 0.5) is 0 Å². The number of methoxy groups -OCH3 is 2. The first-order valence-electron chi connectivity index (χ1n) is 8.40. The van der Waals surface area contributed by atoms with E-state index in [0.29, 0.717) is 6.42 Å². The summed E-state index contributed by atoms with van der Waals surface area (Å²) >= 11 is 0. The van der Waals surface area contributed by atoms with Gasteiger partial charge in [-0.05, 0) is 24.3 Å². The highest BCUT2D eigenvalue weighted by Crippen LogP contribution is 2.60. The van der Waals surface area contributed by atoms with Gasteiger partial charge in [0, 0.05) is 11.6 Å². The predicted octanol–water partition coefficient (Wildman–Crippen LogP) is 2.63. The van der Waals surface area contributed by atoms with Crippen LogP contribution < -0.4 is 0 Å². The van der Waals surface area contributed by atoms with Crippen molar-refractivity contribution < 1.29 is 19.1 Å². The SMILES string of the molecule is CCC[C@@H]1[C@@H]2CC(c3ccccc3)=N[C@]2(C(=O)OC)[C@H]1C(=O)OC. The minimum absolute atomic E-state index is 0.00389. The number of ether oxygens (including phenoxy) is 2. The third kappa shape index (κ3) is 2.26. The molecule has 0 amide bonds. The molecular weight excluding hydrogens is 306 g/mol. The molecule has 0 saturated heterocycles. The predicted molar refractivity (Wildman–Crippen MR) is 89.7 cm³/mol. The van der Waals surface area contributed by atoms with Crippen molar-refractivity contribution in [2.75, 3.05) is 14.2 Å². The zero-order chi connectivity index (χ0) is 17.3. The fourth-order valence-electron chi connectivity index (χ4n) is 4.42. The molecule has 0 spiro atoms. The molecule has 128 valence electrons. The Labute approximate surface area is 142 Å². The number of carbonyl (C=O) groups is 2. The normalized spacial score (nSPS) is 30.8. The van der Waals surface area contributed by atoms with Crippen LogP contribution in [-0.2, 0) is 19.1 Å². The van der Waals surface area contributed by atoms with Crippen LogP contribution in [0.5, 0.6) is 0 Å². The quantitative estimate of drug-likeness (QED) is 0.779. The molecule has 5 nitrogen and oxygen atoms in total. The molecule has 0 N–H and O–H groups in total. The average Bonchev–Trinajstić information content (AvgIpc) is 2.95. The first kappa shape index (κ1) is 16.7. The Morgan fingerprint density at radius 2 is 1.92 bits per heavy atom. The summed E-state index contributed by atoms with van der Waals surface area (Å²) in [5.74, 6) is -1.24. The molecule has 1 heterocycles. The minimum Gasteiger partial charge on any atom is -0.469 e. The highest BCUT2D eigenvalue weighted by molar-refractivity contribution is 6.07. The van der Waals surface area contributed by atoms with Crippen LogP contribution in [0.25, 0.3) is 0 Å². The number of fused-ring (bicyclic) bond motifs is 1. The summed E-state index contributed by atoms with van der Waals surface area (Å²) in [6, 6.07) is 9.81. The number of esters is 2. The lowest BCUT2D eigenvalue weighted by molar-refractivity contribution is -0.181. The highest BCUT2D eigenvalue weighted by atomic mass is 16.5. The molecule has 0 bridgehead atoms. The Morgan fingerprint density at radius 3 is 2.50 bits per heavy atom. The van der Waals surface area contributed by atoms with E-state index in [1.165, 1.54) is 14.2 Å². The molecule has 0 unspecified atom stereocenters. The van der Waals surface area contributed by atoms with E-state index in [4.69, 9.17) is 14.5 Å². The van der Waals surface area contributed by atoms with Gasteiger partial charge in [0.1, 0.15) is 0 Å². The summed E-state index contributed by atoms with van der Waals surface area (Å²) in [7, 11) is 2.71. The standard InChI is InChI=1S/C19H23NO4/c1-4-8-13-14-11-15(12-9-6-5-7-10-12)20-19(14,18(22)24-3)16(13)17(21)23-2/h5-7,9-10,13-14,16H,4,8,11H2,1-3H3/t13-,14+,16-,19+/m1/s1. The minimum atomic E-state index is -1.12. The maximum Gasteiger partial charge on any atom is 0.334 e. The molecule has 3 rings (SSSR count). The fourth-order valence-corrected chi connectivity index (χ4v) is 4.42. The van der Waals surface area contributed by atoms with E-state index in [2.05, 4.69) is 6.92 Å². The maximum atomic E-state index is 12.6. The molecule has 1 aliphatic carbocycles. The molecule has 5 heteroatoms. The second-order valence-electron chi connectivity index (χ2n) is 6.51. The van der Waals surface area contributed by atoms with Crippen molar-refractivity contribution in [3.63, 3.8) is 0 Å².